The van der Waals surface area contributed by atoms with E-state index in [9.17, 15) is 0 Å². The molecule has 0 saturated carbocycles. The number of rotatable bonds is 5. The van der Waals surface area contributed by atoms with Crippen LogP contribution in [-0.4, -0.2) is 9.97 Å². The van der Waals surface area contributed by atoms with E-state index in [-0.39, 0.29) is 0 Å². The van der Waals surface area contributed by atoms with Gasteiger partial charge in [0.15, 0.2) is 5.82 Å². The average molecular weight is 825 g/mol. The first kappa shape index (κ1) is 37.1. The van der Waals surface area contributed by atoms with Crippen LogP contribution < -0.4 is 0 Å². The summed E-state index contributed by atoms with van der Waals surface area (Å²) >= 11 is 0. The van der Waals surface area contributed by atoms with Crippen molar-refractivity contribution in [3.63, 3.8) is 0 Å². The third kappa shape index (κ3) is 5.95. The van der Waals surface area contributed by atoms with Crippen LogP contribution in [0.4, 0.5) is 0 Å². The van der Waals surface area contributed by atoms with Crippen molar-refractivity contribution < 1.29 is 0 Å². The quantitative estimate of drug-likeness (QED) is 0.128. The molecule has 0 saturated heterocycles. The molecule has 0 unspecified atom stereocenters. The second-order valence-corrected chi connectivity index (χ2v) is 17.2. The molecule has 12 aromatic carbocycles. The van der Waals surface area contributed by atoms with Gasteiger partial charge >= 0.3 is 0 Å². The van der Waals surface area contributed by atoms with E-state index in [2.05, 4.69) is 219 Å². The first-order chi connectivity index (χ1) is 32.2. The van der Waals surface area contributed by atoms with E-state index in [1.165, 1.54) is 98.0 Å². The SMILES string of the molecule is Cc1cccc2ccc3cccc(-c4cccc5ccc6cc(-c7c8ccccc8c(-c8ccc(-c9nc(-c%10ccccc%10)c%10ccccc%10n9)cc8)c8ccccc78)ccc6c45)c3c12. The molecule has 0 amide bonds. The third-order valence-electron chi connectivity index (χ3n) is 13.5. The van der Waals surface area contributed by atoms with Gasteiger partial charge in [-0.15, -0.1) is 0 Å². The van der Waals surface area contributed by atoms with Crippen LogP contribution in [0.25, 0.3) is 132 Å². The molecule has 0 atom stereocenters. The van der Waals surface area contributed by atoms with Gasteiger partial charge in [-0.05, 0) is 123 Å². The Morgan fingerprint density at radius 1 is 0.292 bits per heavy atom. The van der Waals surface area contributed by atoms with E-state index in [1.807, 2.05) is 12.1 Å². The molecule has 0 aliphatic heterocycles. The highest BCUT2D eigenvalue weighted by atomic mass is 14.9. The molecule has 302 valence electrons. The second kappa shape index (κ2) is 14.8. The summed E-state index contributed by atoms with van der Waals surface area (Å²) in [6, 6.07) is 81.7. The predicted octanol–water partition coefficient (Wildman–Crippen LogP) is 17.2. The van der Waals surface area contributed by atoms with Crippen molar-refractivity contribution >= 4 is 75.5 Å². The lowest BCUT2D eigenvalue weighted by Gasteiger charge is -2.19. The number of nitrogens with zero attached hydrogens (tertiary/aromatic N) is 2. The predicted molar refractivity (Wildman–Crippen MR) is 276 cm³/mol. The summed E-state index contributed by atoms with van der Waals surface area (Å²) in [5.74, 6) is 0.719. The molecule has 0 aliphatic carbocycles. The van der Waals surface area contributed by atoms with Crippen LogP contribution in [0.3, 0.4) is 0 Å². The van der Waals surface area contributed by atoms with Crippen molar-refractivity contribution in [2.75, 3.05) is 0 Å². The van der Waals surface area contributed by atoms with E-state index in [4.69, 9.17) is 9.97 Å². The number of para-hydroxylation sites is 1. The van der Waals surface area contributed by atoms with Gasteiger partial charge in [0.05, 0.1) is 11.2 Å². The van der Waals surface area contributed by atoms with Gasteiger partial charge in [0.25, 0.3) is 0 Å². The number of aromatic nitrogens is 2. The molecule has 0 aliphatic rings. The van der Waals surface area contributed by atoms with E-state index < -0.39 is 0 Å². The average Bonchev–Trinajstić information content (AvgIpc) is 3.37. The Kier molecular flexibility index (Phi) is 8.47. The molecule has 0 fully saturated rings. The summed E-state index contributed by atoms with van der Waals surface area (Å²) in [5.41, 5.74) is 12.6. The Hall–Kier alpha value is -8.46. The van der Waals surface area contributed by atoms with Crippen molar-refractivity contribution in [2.24, 2.45) is 0 Å². The fourth-order valence-electron chi connectivity index (χ4n) is 10.6. The maximum absolute atomic E-state index is 5.16. The summed E-state index contributed by atoms with van der Waals surface area (Å²) < 4.78 is 0. The Morgan fingerprint density at radius 3 is 1.48 bits per heavy atom. The Balaban J connectivity index is 0.964. The maximum atomic E-state index is 5.16. The van der Waals surface area contributed by atoms with E-state index in [0.29, 0.717) is 0 Å². The standard InChI is InChI=1S/C63H40N2/c1-39-14-11-17-40-28-29-42-19-13-26-54(61(42)57(39)40)53-25-12-18-41-32-35-46-38-47(36-37-48(46)58(41)53)60-51-22-7-5-20-49(51)59(50-21-6-8-23-52(50)60)43-30-33-45(34-31-43)63-64-56-27-10-9-24-55(56)62(65-63)44-15-3-2-4-16-44/h2-38H,1H3. The molecule has 1 aromatic heterocycles. The summed E-state index contributed by atoms with van der Waals surface area (Å²) in [4.78, 5) is 10.2. The summed E-state index contributed by atoms with van der Waals surface area (Å²) in [5, 5.41) is 16.1. The van der Waals surface area contributed by atoms with Crippen molar-refractivity contribution in [3.8, 4) is 56.0 Å². The molecule has 0 bridgehead atoms. The highest BCUT2D eigenvalue weighted by Gasteiger charge is 2.19. The largest absolute Gasteiger partial charge is 0.228 e. The molecular formula is C63H40N2. The van der Waals surface area contributed by atoms with Gasteiger partial charge in [-0.25, -0.2) is 9.97 Å². The van der Waals surface area contributed by atoms with Crippen LogP contribution in [0.5, 0.6) is 0 Å². The summed E-state index contributed by atoms with van der Waals surface area (Å²) in [6.07, 6.45) is 0. The zero-order valence-corrected chi connectivity index (χ0v) is 35.8. The molecule has 0 spiro atoms. The minimum absolute atomic E-state index is 0.719. The molecule has 1 heterocycles. The first-order valence-corrected chi connectivity index (χ1v) is 22.4. The molecule has 2 heteroatoms. The zero-order chi connectivity index (χ0) is 43.0. The summed E-state index contributed by atoms with van der Waals surface area (Å²) in [6.45, 7) is 2.23. The normalized spacial score (nSPS) is 11.8. The number of aryl methyl sites for hydroxylation is 1. The fraction of sp³-hybridized carbons (Fsp3) is 0.0159. The molecule has 0 N–H and O–H groups in total. The summed E-state index contributed by atoms with van der Waals surface area (Å²) in [7, 11) is 0. The minimum Gasteiger partial charge on any atom is -0.228 e. The van der Waals surface area contributed by atoms with Crippen LogP contribution >= 0.6 is 0 Å². The van der Waals surface area contributed by atoms with Gasteiger partial charge in [-0.1, -0.05) is 212 Å². The number of benzene rings is 12. The number of hydrogen-bond donors (Lipinski definition) is 0. The lowest BCUT2D eigenvalue weighted by atomic mass is 9.84. The van der Waals surface area contributed by atoms with Crippen molar-refractivity contribution in [1.29, 1.82) is 0 Å². The van der Waals surface area contributed by atoms with Gasteiger partial charge in [-0.3, -0.25) is 0 Å². The van der Waals surface area contributed by atoms with E-state index >= 15 is 0 Å². The van der Waals surface area contributed by atoms with Crippen LogP contribution in [0.2, 0.25) is 0 Å². The van der Waals surface area contributed by atoms with Gasteiger partial charge < -0.3 is 0 Å². The lowest BCUT2D eigenvalue weighted by Crippen LogP contribution is -1.95. The molecular weight excluding hydrogens is 785 g/mol. The third-order valence-corrected chi connectivity index (χ3v) is 13.5. The Bertz CT molecular complexity index is 4000. The lowest BCUT2D eigenvalue weighted by molar-refractivity contribution is 1.23. The van der Waals surface area contributed by atoms with Crippen molar-refractivity contribution in [2.45, 2.75) is 6.92 Å². The van der Waals surface area contributed by atoms with Crippen LogP contribution in [-0.2, 0) is 0 Å². The van der Waals surface area contributed by atoms with Gasteiger partial charge in [0.1, 0.15) is 0 Å². The fourth-order valence-corrected chi connectivity index (χ4v) is 10.6. The molecule has 13 aromatic rings. The van der Waals surface area contributed by atoms with E-state index in [0.717, 1.165) is 39.1 Å². The van der Waals surface area contributed by atoms with E-state index in [1.54, 1.807) is 0 Å². The number of hydrogen-bond acceptors (Lipinski definition) is 2. The smallest absolute Gasteiger partial charge is 0.160 e. The van der Waals surface area contributed by atoms with Crippen molar-refractivity contribution in [3.05, 3.63) is 230 Å². The zero-order valence-electron chi connectivity index (χ0n) is 35.8. The first-order valence-electron chi connectivity index (χ1n) is 22.4. The second-order valence-electron chi connectivity index (χ2n) is 17.2. The molecule has 2 nitrogen and oxygen atoms in total. The van der Waals surface area contributed by atoms with Crippen LogP contribution in [0.1, 0.15) is 5.56 Å². The maximum Gasteiger partial charge on any atom is 0.160 e. The number of fused-ring (bicyclic) bond motifs is 9. The van der Waals surface area contributed by atoms with Crippen LogP contribution in [0.15, 0.2) is 224 Å². The molecule has 13 rings (SSSR count). The van der Waals surface area contributed by atoms with Gasteiger partial charge in [0.2, 0.25) is 0 Å². The topological polar surface area (TPSA) is 25.8 Å². The highest BCUT2D eigenvalue weighted by Crippen LogP contribution is 2.46. The molecule has 0 radical (unpaired) electrons. The van der Waals surface area contributed by atoms with Gasteiger partial charge in [-0.2, -0.15) is 0 Å². The molecule has 65 heavy (non-hydrogen) atoms. The highest BCUT2D eigenvalue weighted by molar-refractivity contribution is 6.24. The van der Waals surface area contributed by atoms with Crippen LogP contribution in [0, 0.1) is 6.92 Å². The Morgan fingerprint density at radius 2 is 0.800 bits per heavy atom. The van der Waals surface area contributed by atoms with Gasteiger partial charge in [0, 0.05) is 16.5 Å². The minimum atomic E-state index is 0.719. The Labute approximate surface area is 376 Å². The van der Waals surface area contributed by atoms with Crippen molar-refractivity contribution in [1.82, 2.24) is 9.97 Å². The monoisotopic (exact) mass is 824 g/mol.